The number of aliphatic hydroxyl groups excluding tert-OH is 1. The number of fused-ring (bicyclic) bond motifs is 2. The van der Waals surface area contributed by atoms with Gasteiger partial charge in [-0.05, 0) is 86.1 Å². The molecule has 9 rings (SSSR count). The zero-order valence-corrected chi connectivity index (χ0v) is 29.1. The van der Waals surface area contributed by atoms with E-state index in [0.29, 0.717) is 33.6 Å². The van der Waals surface area contributed by atoms with Crippen LogP contribution in [0.15, 0.2) is 24.3 Å². The van der Waals surface area contributed by atoms with Gasteiger partial charge < -0.3 is 25.6 Å². The van der Waals surface area contributed by atoms with Crippen LogP contribution in [0.3, 0.4) is 0 Å². The average Bonchev–Trinajstić information content (AvgIpc) is 3.75. The SMILES string of the molecule is CNc1nc(NC2CCN(Cc3ccc4c(cc(C#N)n4CC45CC(NC(=O)C6CC6)(C4)[C@H]5C)c3C)CC2)c2cc(C(O)C(F)(F)F)sc2n1. The number of hydrogen-bond donors (Lipinski definition) is 4. The number of carbonyl (C=O) groups excluding carboxylic acids is 1. The smallest absolute Gasteiger partial charge is 0.379 e. The van der Waals surface area contributed by atoms with Crippen molar-refractivity contribution < 1.29 is 23.1 Å². The fourth-order valence-electron chi connectivity index (χ4n) is 8.68. The van der Waals surface area contributed by atoms with E-state index >= 15 is 0 Å². The maximum absolute atomic E-state index is 13.2. The van der Waals surface area contributed by atoms with E-state index in [4.69, 9.17) is 0 Å². The average molecular weight is 707 g/mol. The summed E-state index contributed by atoms with van der Waals surface area (Å²) in [7, 11) is 1.65. The molecule has 4 aromatic rings. The number of carbonyl (C=O) groups is 1. The number of thiophene rings is 1. The summed E-state index contributed by atoms with van der Waals surface area (Å²) in [5.74, 6) is 1.57. The second-order valence-electron chi connectivity index (χ2n) is 15.0. The summed E-state index contributed by atoms with van der Waals surface area (Å²) in [6, 6.07) is 10.2. The molecule has 4 heterocycles. The van der Waals surface area contributed by atoms with Gasteiger partial charge in [0.2, 0.25) is 11.9 Å². The first-order valence-corrected chi connectivity index (χ1v) is 18.2. The predicted molar refractivity (Wildman–Crippen MR) is 186 cm³/mol. The van der Waals surface area contributed by atoms with Crippen molar-refractivity contribution in [2.45, 2.75) is 89.3 Å². The summed E-state index contributed by atoms with van der Waals surface area (Å²) < 4.78 is 41.9. The quantitative estimate of drug-likeness (QED) is 0.153. The highest BCUT2D eigenvalue weighted by molar-refractivity contribution is 7.18. The molecule has 1 aromatic carbocycles. The topological polar surface area (TPSA) is 131 Å². The number of rotatable bonds is 10. The van der Waals surface area contributed by atoms with Gasteiger partial charge in [-0.25, -0.2) is 4.98 Å². The first kappa shape index (κ1) is 33.2. The number of nitrogens with one attached hydrogen (secondary N) is 3. The number of likely N-dealkylation sites (tertiary alicyclic amines) is 1. The van der Waals surface area contributed by atoms with Crippen LogP contribution in [0.4, 0.5) is 24.9 Å². The molecule has 50 heavy (non-hydrogen) atoms. The highest BCUT2D eigenvalue weighted by Crippen LogP contribution is 2.72. The van der Waals surface area contributed by atoms with Gasteiger partial charge in [-0.2, -0.15) is 23.4 Å². The first-order valence-electron chi connectivity index (χ1n) is 17.4. The Morgan fingerprint density at radius 3 is 2.54 bits per heavy atom. The summed E-state index contributed by atoms with van der Waals surface area (Å²) in [6.45, 7) is 7.59. The zero-order valence-electron chi connectivity index (χ0n) is 28.3. The van der Waals surface area contributed by atoms with Gasteiger partial charge >= 0.3 is 6.18 Å². The highest BCUT2D eigenvalue weighted by atomic mass is 32.1. The third kappa shape index (κ3) is 5.49. The molecule has 2 bridgehead atoms. The van der Waals surface area contributed by atoms with Gasteiger partial charge in [-0.1, -0.05) is 13.0 Å². The summed E-state index contributed by atoms with van der Waals surface area (Å²) in [5.41, 5.74) is 4.19. The number of nitrogens with zero attached hydrogens (tertiary/aromatic N) is 5. The van der Waals surface area contributed by atoms with Crippen molar-refractivity contribution in [3.8, 4) is 6.07 Å². The standard InChI is InChI=1S/C36H41F3N8O2S/c1-19-22(6-7-27-25(19)12-24(14-40)47(27)18-34-16-35(17-34,20(34)2)45-31(49)21-4-5-21)15-46-10-8-23(9-11-46)42-30-26-13-28(29(48)36(37,38)39)50-32(26)44-33(41-3)43-30/h6-7,12-13,20-21,23,29,48H,4-5,8-11,15-18H2,1-3H3,(H,45,49)(H2,41,42,43,44)/t20-,29?,34?,35?/m0/s1. The van der Waals surface area contributed by atoms with Crippen LogP contribution in [0.25, 0.3) is 21.1 Å². The molecule has 264 valence electrons. The molecule has 1 aliphatic heterocycles. The second kappa shape index (κ2) is 11.8. The van der Waals surface area contributed by atoms with E-state index in [2.05, 4.69) is 67.4 Å². The number of hydrogen-bond acceptors (Lipinski definition) is 9. The predicted octanol–water partition coefficient (Wildman–Crippen LogP) is 6.23. The number of amides is 1. The van der Waals surface area contributed by atoms with Gasteiger partial charge in [0.15, 0.2) is 6.10 Å². The number of piperidine rings is 1. The van der Waals surface area contributed by atoms with Gasteiger partial charge in [0, 0.05) is 66.5 Å². The molecule has 4 aliphatic carbocycles. The van der Waals surface area contributed by atoms with E-state index in [1.165, 1.54) is 17.2 Å². The van der Waals surface area contributed by atoms with E-state index in [9.17, 15) is 28.3 Å². The molecule has 1 amide bonds. The lowest BCUT2D eigenvalue weighted by Crippen LogP contribution is -2.81. The van der Waals surface area contributed by atoms with Crippen molar-refractivity contribution in [1.82, 2.24) is 24.8 Å². The molecular weight excluding hydrogens is 666 g/mol. The summed E-state index contributed by atoms with van der Waals surface area (Å²) >= 11 is 0.816. The number of nitriles is 1. The van der Waals surface area contributed by atoms with Crippen molar-refractivity contribution in [2.24, 2.45) is 17.3 Å². The molecule has 2 atom stereocenters. The van der Waals surface area contributed by atoms with Gasteiger partial charge in [0.05, 0.1) is 5.39 Å². The van der Waals surface area contributed by atoms with Gasteiger partial charge in [0.1, 0.15) is 22.4 Å². The van der Waals surface area contributed by atoms with Gasteiger partial charge in [-0.15, -0.1) is 11.3 Å². The van der Waals surface area contributed by atoms with E-state index in [1.54, 1.807) is 7.05 Å². The summed E-state index contributed by atoms with van der Waals surface area (Å²) in [4.78, 5) is 23.9. The number of aliphatic hydroxyl groups is 1. The van der Waals surface area contributed by atoms with Crippen LogP contribution in [0.5, 0.6) is 0 Å². The van der Waals surface area contributed by atoms with E-state index in [1.807, 2.05) is 6.07 Å². The van der Waals surface area contributed by atoms with Crippen LogP contribution in [0.2, 0.25) is 0 Å². The Kier molecular flexibility index (Phi) is 7.85. The van der Waals surface area contributed by atoms with Crippen molar-refractivity contribution in [1.29, 1.82) is 5.26 Å². The maximum atomic E-state index is 13.2. The molecule has 5 fully saturated rings. The van der Waals surface area contributed by atoms with Crippen LogP contribution in [0.1, 0.15) is 73.3 Å². The molecule has 14 heteroatoms. The number of halogens is 3. The Balaban J connectivity index is 0.927. The van der Waals surface area contributed by atoms with Crippen molar-refractivity contribution in [3.63, 3.8) is 0 Å². The Morgan fingerprint density at radius 1 is 1.16 bits per heavy atom. The molecule has 10 nitrogen and oxygen atoms in total. The highest BCUT2D eigenvalue weighted by Gasteiger charge is 2.74. The summed E-state index contributed by atoms with van der Waals surface area (Å²) in [6.07, 6.45) is -1.73. The second-order valence-corrected chi connectivity index (χ2v) is 16.1. The molecule has 4 saturated carbocycles. The Bertz CT molecular complexity index is 2030. The van der Waals surface area contributed by atoms with E-state index in [0.717, 1.165) is 86.9 Å². The van der Waals surface area contributed by atoms with E-state index < -0.39 is 12.3 Å². The minimum atomic E-state index is -4.76. The van der Waals surface area contributed by atoms with Crippen LogP contribution >= 0.6 is 11.3 Å². The third-order valence-electron chi connectivity index (χ3n) is 12.0. The first-order chi connectivity index (χ1) is 23.8. The lowest BCUT2D eigenvalue weighted by molar-refractivity contribution is -0.228. The zero-order chi connectivity index (χ0) is 35.2. The van der Waals surface area contributed by atoms with E-state index in [-0.39, 0.29) is 33.7 Å². The fourth-order valence-corrected chi connectivity index (χ4v) is 9.72. The largest absolute Gasteiger partial charge is 0.419 e. The molecule has 1 unspecified atom stereocenters. The fraction of sp³-hybridized carbons (Fsp3) is 0.556. The minimum absolute atomic E-state index is 0.0637. The molecule has 4 N–H and O–H groups in total. The third-order valence-corrected chi connectivity index (χ3v) is 13.1. The van der Waals surface area contributed by atoms with Crippen molar-refractivity contribution >= 4 is 50.1 Å². The van der Waals surface area contributed by atoms with Crippen LogP contribution in [0, 0.1) is 35.5 Å². The number of aromatic nitrogens is 3. The van der Waals surface area contributed by atoms with Crippen LogP contribution in [-0.4, -0.2) is 68.3 Å². The number of alkyl halides is 3. The van der Waals surface area contributed by atoms with Crippen molar-refractivity contribution in [3.05, 3.63) is 46.0 Å². The molecule has 5 aliphatic rings. The van der Waals surface area contributed by atoms with Gasteiger partial charge in [-0.3, -0.25) is 9.69 Å². The molecule has 3 aromatic heterocycles. The number of benzene rings is 1. The molecular formula is C36H41F3N8O2S. The Hall–Kier alpha value is -3.93. The monoisotopic (exact) mass is 706 g/mol. The van der Waals surface area contributed by atoms with Crippen LogP contribution in [-0.2, 0) is 17.9 Å². The molecule has 0 spiro atoms. The number of anilines is 2. The minimum Gasteiger partial charge on any atom is -0.379 e. The molecule has 0 radical (unpaired) electrons. The van der Waals surface area contributed by atoms with Crippen LogP contribution < -0.4 is 16.0 Å². The summed E-state index contributed by atoms with van der Waals surface area (Å²) in [5, 5.41) is 31.2. The van der Waals surface area contributed by atoms with Gasteiger partial charge in [0.25, 0.3) is 0 Å². The number of aryl methyl sites for hydroxylation is 1. The lowest BCUT2D eigenvalue weighted by Gasteiger charge is -2.76. The maximum Gasteiger partial charge on any atom is 0.419 e. The van der Waals surface area contributed by atoms with Crippen molar-refractivity contribution in [2.75, 3.05) is 30.8 Å². The normalized spacial score (nSPS) is 25.9. The Morgan fingerprint density at radius 2 is 1.90 bits per heavy atom. The lowest BCUT2D eigenvalue weighted by atomic mass is 9.33. The molecule has 1 saturated heterocycles. The Labute approximate surface area is 292 Å².